The molecule has 27 heavy (non-hydrogen) atoms. The Kier molecular flexibility index (Phi) is 3.79. The minimum absolute atomic E-state index is 0.136. The number of aliphatic hydroxyl groups is 1. The van der Waals surface area contributed by atoms with Gasteiger partial charge in [0.2, 0.25) is 0 Å². The van der Waals surface area contributed by atoms with E-state index in [0.29, 0.717) is 5.92 Å². The maximum atomic E-state index is 9.90. The molecule has 1 fully saturated rings. The average Bonchev–Trinajstić information content (AvgIpc) is 3.26. The molecule has 0 saturated heterocycles. The third-order valence-electron chi connectivity index (χ3n) is 6.00. The quantitative estimate of drug-likeness (QED) is 0.584. The zero-order valence-corrected chi connectivity index (χ0v) is 15.8. The summed E-state index contributed by atoms with van der Waals surface area (Å²) in [5.41, 5.74) is 4.72. The fourth-order valence-corrected chi connectivity index (χ4v) is 4.53. The molecule has 0 spiro atoms. The van der Waals surface area contributed by atoms with E-state index in [1.165, 1.54) is 27.3 Å². The van der Waals surface area contributed by atoms with Gasteiger partial charge in [0, 0.05) is 49.0 Å². The van der Waals surface area contributed by atoms with Crippen LogP contribution in [-0.4, -0.2) is 30.5 Å². The van der Waals surface area contributed by atoms with Gasteiger partial charge in [-0.05, 0) is 54.2 Å². The molecule has 5 nitrogen and oxygen atoms in total. The summed E-state index contributed by atoms with van der Waals surface area (Å²) in [7, 11) is 4.02. The van der Waals surface area contributed by atoms with Crippen molar-refractivity contribution in [3.8, 4) is 11.1 Å². The van der Waals surface area contributed by atoms with Crippen LogP contribution in [0.15, 0.2) is 43.0 Å². The number of hydrogen-bond acceptors (Lipinski definition) is 3. The second-order valence-corrected chi connectivity index (χ2v) is 7.86. The van der Waals surface area contributed by atoms with Gasteiger partial charge in [0.25, 0.3) is 0 Å². The van der Waals surface area contributed by atoms with E-state index >= 15 is 0 Å². The molecule has 1 aliphatic carbocycles. The minimum atomic E-state index is -0.136. The Morgan fingerprint density at radius 1 is 1.00 bits per heavy atom. The molecule has 0 radical (unpaired) electrons. The van der Waals surface area contributed by atoms with Gasteiger partial charge in [-0.25, -0.2) is 4.98 Å². The molecule has 5 rings (SSSR count). The fourth-order valence-electron chi connectivity index (χ4n) is 4.53. The lowest BCUT2D eigenvalue weighted by Gasteiger charge is -2.25. The van der Waals surface area contributed by atoms with Crippen molar-refractivity contribution in [2.75, 3.05) is 0 Å². The van der Waals surface area contributed by atoms with Crippen LogP contribution in [0.4, 0.5) is 0 Å². The van der Waals surface area contributed by atoms with Crippen molar-refractivity contribution in [3.05, 3.63) is 48.5 Å². The number of benzene rings is 1. The maximum Gasteiger partial charge on any atom is 0.140 e. The minimum Gasteiger partial charge on any atom is -0.393 e. The smallest absolute Gasteiger partial charge is 0.140 e. The lowest BCUT2D eigenvalue weighted by molar-refractivity contribution is 0.122. The number of fused-ring (bicyclic) bond motifs is 3. The van der Waals surface area contributed by atoms with Crippen LogP contribution in [0.5, 0.6) is 0 Å². The Balaban J connectivity index is 1.72. The fraction of sp³-hybridized carbons (Fsp3) is 0.364. The van der Waals surface area contributed by atoms with E-state index in [1.54, 1.807) is 0 Å². The number of pyridine rings is 1. The average molecular weight is 360 g/mol. The number of aromatic nitrogens is 4. The topological polar surface area (TPSA) is 55.9 Å². The van der Waals surface area contributed by atoms with E-state index in [2.05, 4.69) is 41.1 Å². The Labute approximate surface area is 158 Å². The molecule has 0 aliphatic heterocycles. The lowest BCUT2D eigenvalue weighted by Crippen LogP contribution is -2.16. The molecule has 3 aromatic heterocycles. The monoisotopic (exact) mass is 360 g/mol. The van der Waals surface area contributed by atoms with Gasteiger partial charge < -0.3 is 9.67 Å². The second kappa shape index (κ2) is 6.20. The van der Waals surface area contributed by atoms with Crippen molar-refractivity contribution >= 4 is 21.8 Å². The molecule has 0 bridgehead atoms. The molecule has 1 aromatic carbocycles. The van der Waals surface area contributed by atoms with E-state index in [4.69, 9.17) is 4.98 Å². The Morgan fingerprint density at radius 3 is 2.56 bits per heavy atom. The predicted octanol–water partition coefficient (Wildman–Crippen LogP) is 4.15. The molecule has 0 unspecified atom stereocenters. The first-order valence-corrected chi connectivity index (χ1v) is 9.65. The molecule has 0 atom stereocenters. The summed E-state index contributed by atoms with van der Waals surface area (Å²) in [6.07, 6.45) is 11.9. The van der Waals surface area contributed by atoms with Crippen LogP contribution < -0.4 is 0 Å². The molecule has 1 N–H and O–H groups in total. The first kappa shape index (κ1) is 16.5. The number of aliphatic hydroxyl groups excluding tert-OH is 1. The molecule has 1 aliphatic rings. The van der Waals surface area contributed by atoms with Crippen LogP contribution in [0.2, 0.25) is 0 Å². The molecule has 138 valence electrons. The predicted molar refractivity (Wildman–Crippen MR) is 108 cm³/mol. The Bertz CT molecular complexity index is 1130. The van der Waals surface area contributed by atoms with Crippen molar-refractivity contribution in [1.82, 2.24) is 19.3 Å². The van der Waals surface area contributed by atoms with Gasteiger partial charge in [-0.1, -0.05) is 12.1 Å². The maximum absolute atomic E-state index is 9.90. The van der Waals surface area contributed by atoms with Crippen LogP contribution in [0.1, 0.15) is 37.2 Å². The normalized spacial score (nSPS) is 20.6. The van der Waals surface area contributed by atoms with Gasteiger partial charge >= 0.3 is 0 Å². The lowest BCUT2D eigenvalue weighted by atomic mass is 9.82. The van der Waals surface area contributed by atoms with E-state index in [-0.39, 0.29) is 6.10 Å². The number of rotatable bonds is 2. The van der Waals surface area contributed by atoms with Gasteiger partial charge in [-0.2, -0.15) is 5.10 Å². The summed E-state index contributed by atoms with van der Waals surface area (Å²) in [5, 5.41) is 17.9. The Hall–Kier alpha value is -2.66. The molecule has 4 aromatic rings. The highest BCUT2D eigenvalue weighted by Crippen LogP contribution is 2.40. The highest BCUT2D eigenvalue weighted by atomic mass is 16.3. The van der Waals surface area contributed by atoms with E-state index in [9.17, 15) is 5.11 Å². The molecular weight excluding hydrogens is 336 g/mol. The third-order valence-corrected chi connectivity index (χ3v) is 6.00. The van der Waals surface area contributed by atoms with Crippen molar-refractivity contribution in [2.24, 2.45) is 14.1 Å². The van der Waals surface area contributed by atoms with Crippen LogP contribution in [0, 0.1) is 0 Å². The second-order valence-electron chi connectivity index (χ2n) is 7.86. The van der Waals surface area contributed by atoms with E-state index in [0.717, 1.165) is 36.9 Å². The van der Waals surface area contributed by atoms with Crippen molar-refractivity contribution < 1.29 is 5.11 Å². The van der Waals surface area contributed by atoms with Crippen LogP contribution in [0.3, 0.4) is 0 Å². The number of aryl methyl sites for hydroxylation is 2. The summed E-state index contributed by atoms with van der Waals surface area (Å²) in [4.78, 5) is 4.74. The zero-order valence-electron chi connectivity index (χ0n) is 15.8. The summed E-state index contributed by atoms with van der Waals surface area (Å²) >= 11 is 0. The summed E-state index contributed by atoms with van der Waals surface area (Å²) in [5.74, 6) is 0.492. The van der Waals surface area contributed by atoms with Crippen LogP contribution in [0.25, 0.3) is 32.9 Å². The van der Waals surface area contributed by atoms with E-state index in [1.807, 2.05) is 30.3 Å². The molecule has 1 saturated carbocycles. The largest absolute Gasteiger partial charge is 0.393 e. The Morgan fingerprint density at radius 2 is 1.81 bits per heavy atom. The van der Waals surface area contributed by atoms with Gasteiger partial charge in [0.1, 0.15) is 5.65 Å². The first-order chi connectivity index (χ1) is 13.1. The van der Waals surface area contributed by atoms with Gasteiger partial charge in [0.05, 0.1) is 12.3 Å². The van der Waals surface area contributed by atoms with Crippen molar-refractivity contribution in [2.45, 2.75) is 37.7 Å². The standard InChI is InChI=1S/C22H24N4O/c1-25-13-20(14-5-7-18(27)8-6-14)21-19-9-15(17-11-24-26(2)12-17)3-4-16(19)10-23-22(21)25/h3-4,9-14,18,27H,5-8H2,1-2H3. The molecule has 0 amide bonds. The SMILES string of the molecule is Cn1cc(-c2ccc3cnc4c(c(C5CCC(O)CC5)cn4C)c3c2)cn1. The molecular formula is C22H24N4O. The number of hydrogen-bond donors (Lipinski definition) is 1. The molecule has 5 heteroatoms. The summed E-state index contributed by atoms with van der Waals surface area (Å²) < 4.78 is 3.98. The number of nitrogens with zero attached hydrogens (tertiary/aromatic N) is 4. The van der Waals surface area contributed by atoms with Gasteiger partial charge in [-0.3, -0.25) is 4.68 Å². The van der Waals surface area contributed by atoms with Crippen molar-refractivity contribution in [1.29, 1.82) is 0 Å². The highest BCUT2D eigenvalue weighted by molar-refractivity contribution is 6.08. The summed E-state index contributed by atoms with van der Waals surface area (Å²) in [6, 6.07) is 6.58. The van der Waals surface area contributed by atoms with Gasteiger partial charge in [0.15, 0.2) is 0 Å². The first-order valence-electron chi connectivity index (χ1n) is 9.65. The van der Waals surface area contributed by atoms with E-state index < -0.39 is 0 Å². The third kappa shape index (κ3) is 2.73. The van der Waals surface area contributed by atoms with Gasteiger partial charge in [-0.15, -0.1) is 0 Å². The zero-order chi connectivity index (χ0) is 18.5. The van der Waals surface area contributed by atoms with Crippen LogP contribution in [-0.2, 0) is 14.1 Å². The summed E-state index contributed by atoms with van der Waals surface area (Å²) in [6.45, 7) is 0. The molecule has 3 heterocycles. The van der Waals surface area contributed by atoms with Crippen LogP contribution >= 0.6 is 0 Å². The van der Waals surface area contributed by atoms with Crippen molar-refractivity contribution in [3.63, 3.8) is 0 Å². The highest BCUT2D eigenvalue weighted by Gasteiger charge is 2.25.